The Balaban J connectivity index is 1.97. The van der Waals surface area contributed by atoms with E-state index in [4.69, 9.17) is 4.74 Å². The molecule has 0 aliphatic carbocycles. The molecule has 1 nitrogen and oxygen atoms in total. The molecule has 0 aliphatic heterocycles. The van der Waals surface area contributed by atoms with Crippen molar-refractivity contribution in [2.75, 3.05) is 19.0 Å². The number of hydrogen-bond acceptors (Lipinski definition) is 2. The molecule has 1 rings (SSSR count). The van der Waals surface area contributed by atoms with Crippen molar-refractivity contribution in [2.24, 2.45) is 0 Å². The second kappa shape index (κ2) is 10.2. The van der Waals surface area contributed by atoms with Crippen LogP contribution in [0.2, 0.25) is 0 Å². The minimum absolute atomic E-state index is 0.648. The molecule has 0 bridgehead atoms. The minimum Gasteiger partial charge on any atom is -0.377 e. The van der Waals surface area contributed by atoms with Crippen LogP contribution in [0.5, 0.6) is 0 Å². The SMILES string of the molecule is C=CCOCC/C=C\SCCc1ccccc1. The average Bonchev–Trinajstić information content (AvgIpc) is 2.38. The number of thioether (sulfide) groups is 1. The largest absolute Gasteiger partial charge is 0.377 e. The van der Waals surface area contributed by atoms with Crippen LogP contribution in [0.4, 0.5) is 0 Å². The van der Waals surface area contributed by atoms with E-state index in [2.05, 4.69) is 48.4 Å². The fourth-order valence-electron chi connectivity index (χ4n) is 1.34. The quantitative estimate of drug-likeness (QED) is 0.481. The molecule has 1 aromatic carbocycles. The second-order valence-corrected chi connectivity index (χ2v) is 4.64. The standard InChI is InChI=1S/C15H20OS/c1-2-11-16-12-6-7-13-17-14-10-15-8-4-3-5-9-15/h2-5,7-9,13H,1,6,10-12,14H2/b13-7-. The third-order valence-corrected chi connectivity index (χ3v) is 3.03. The molecule has 0 atom stereocenters. The Morgan fingerprint density at radius 2 is 2.06 bits per heavy atom. The first-order chi connectivity index (χ1) is 8.43. The van der Waals surface area contributed by atoms with Gasteiger partial charge in [0, 0.05) is 5.75 Å². The van der Waals surface area contributed by atoms with Crippen molar-refractivity contribution in [2.45, 2.75) is 12.8 Å². The molecule has 0 N–H and O–H groups in total. The lowest BCUT2D eigenvalue weighted by atomic mass is 10.2. The van der Waals surface area contributed by atoms with Gasteiger partial charge in [-0.05, 0) is 23.8 Å². The summed E-state index contributed by atoms with van der Waals surface area (Å²) >= 11 is 1.86. The predicted molar refractivity (Wildman–Crippen MR) is 77.4 cm³/mol. The van der Waals surface area contributed by atoms with Gasteiger partial charge in [-0.1, -0.05) is 42.5 Å². The Hall–Kier alpha value is -0.990. The number of benzene rings is 1. The molecule has 1 aromatic rings. The molecule has 0 amide bonds. The van der Waals surface area contributed by atoms with Gasteiger partial charge in [0.2, 0.25) is 0 Å². The molecule has 0 aromatic heterocycles. The Labute approximate surface area is 109 Å². The van der Waals surface area contributed by atoms with Crippen molar-refractivity contribution < 1.29 is 4.74 Å². The van der Waals surface area contributed by atoms with Crippen LogP contribution in [0.15, 0.2) is 54.5 Å². The van der Waals surface area contributed by atoms with E-state index in [1.54, 1.807) is 6.08 Å². The first kappa shape index (κ1) is 14.1. The lowest BCUT2D eigenvalue weighted by molar-refractivity contribution is 0.168. The molecule has 17 heavy (non-hydrogen) atoms. The van der Waals surface area contributed by atoms with Gasteiger partial charge in [-0.25, -0.2) is 0 Å². The van der Waals surface area contributed by atoms with Crippen LogP contribution < -0.4 is 0 Å². The third-order valence-electron chi connectivity index (χ3n) is 2.21. The van der Waals surface area contributed by atoms with Gasteiger partial charge in [-0.2, -0.15) is 0 Å². The molecule has 0 spiro atoms. The summed E-state index contributed by atoms with van der Waals surface area (Å²) in [7, 11) is 0. The highest BCUT2D eigenvalue weighted by atomic mass is 32.2. The van der Waals surface area contributed by atoms with Crippen LogP contribution in [0, 0.1) is 0 Å². The van der Waals surface area contributed by atoms with Crippen molar-refractivity contribution in [3.05, 3.63) is 60.0 Å². The smallest absolute Gasteiger partial charge is 0.0644 e. The summed E-state index contributed by atoms with van der Waals surface area (Å²) in [5.41, 5.74) is 1.41. The van der Waals surface area contributed by atoms with Gasteiger partial charge in [0.05, 0.1) is 13.2 Å². The summed E-state index contributed by atoms with van der Waals surface area (Å²) in [6.07, 6.45) is 6.05. The van der Waals surface area contributed by atoms with Gasteiger partial charge in [0.15, 0.2) is 0 Å². The highest BCUT2D eigenvalue weighted by Gasteiger charge is 1.89. The maximum absolute atomic E-state index is 5.28. The van der Waals surface area contributed by atoms with Crippen LogP contribution in [0.25, 0.3) is 0 Å². The summed E-state index contributed by atoms with van der Waals surface area (Å²) in [6.45, 7) is 5.03. The molecule has 92 valence electrons. The molecule has 2 heteroatoms. The summed E-state index contributed by atoms with van der Waals surface area (Å²) in [5.74, 6) is 1.13. The molecular weight excluding hydrogens is 228 g/mol. The Kier molecular flexibility index (Phi) is 8.43. The molecule has 0 unspecified atom stereocenters. The highest BCUT2D eigenvalue weighted by molar-refractivity contribution is 8.02. The Morgan fingerprint density at radius 3 is 2.82 bits per heavy atom. The first-order valence-corrected chi connectivity index (χ1v) is 6.97. The minimum atomic E-state index is 0.648. The van der Waals surface area contributed by atoms with E-state index in [1.807, 2.05) is 11.8 Å². The summed E-state index contributed by atoms with van der Waals surface area (Å²) in [5, 5.41) is 2.17. The molecule has 0 heterocycles. The van der Waals surface area contributed by atoms with E-state index in [9.17, 15) is 0 Å². The first-order valence-electron chi connectivity index (χ1n) is 5.92. The third kappa shape index (κ3) is 7.83. The van der Waals surface area contributed by atoms with E-state index in [0.29, 0.717) is 6.61 Å². The zero-order valence-electron chi connectivity index (χ0n) is 10.2. The van der Waals surface area contributed by atoms with Crippen molar-refractivity contribution in [3.63, 3.8) is 0 Å². The highest BCUT2D eigenvalue weighted by Crippen LogP contribution is 2.08. The van der Waals surface area contributed by atoms with Crippen molar-refractivity contribution in [3.8, 4) is 0 Å². The Morgan fingerprint density at radius 1 is 1.24 bits per heavy atom. The summed E-state index contributed by atoms with van der Waals surface area (Å²) in [4.78, 5) is 0. The zero-order chi connectivity index (χ0) is 12.2. The fourth-order valence-corrected chi connectivity index (χ4v) is 2.11. The van der Waals surface area contributed by atoms with Gasteiger partial charge < -0.3 is 4.74 Å². The van der Waals surface area contributed by atoms with E-state index >= 15 is 0 Å². The van der Waals surface area contributed by atoms with E-state index < -0.39 is 0 Å². The van der Waals surface area contributed by atoms with Crippen LogP contribution in [0.3, 0.4) is 0 Å². The summed E-state index contributed by atoms with van der Waals surface area (Å²) < 4.78 is 5.28. The number of rotatable bonds is 9. The van der Waals surface area contributed by atoms with Gasteiger partial charge >= 0.3 is 0 Å². The van der Waals surface area contributed by atoms with Crippen LogP contribution >= 0.6 is 11.8 Å². The van der Waals surface area contributed by atoms with Gasteiger partial charge in [0.25, 0.3) is 0 Å². The van der Waals surface area contributed by atoms with E-state index in [-0.39, 0.29) is 0 Å². The maximum atomic E-state index is 5.28. The average molecular weight is 248 g/mol. The lowest BCUT2D eigenvalue weighted by Gasteiger charge is -1.98. The molecule has 0 fully saturated rings. The lowest BCUT2D eigenvalue weighted by Crippen LogP contribution is -1.91. The van der Waals surface area contributed by atoms with Crippen molar-refractivity contribution in [1.82, 2.24) is 0 Å². The maximum Gasteiger partial charge on any atom is 0.0644 e. The zero-order valence-corrected chi connectivity index (χ0v) is 11.0. The second-order valence-electron chi connectivity index (χ2n) is 3.63. The molecule has 0 aliphatic rings. The molecule has 0 radical (unpaired) electrons. The van der Waals surface area contributed by atoms with E-state index in [1.165, 1.54) is 5.56 Å². The van der Waals surface area contributed by atoms with Crippen molar-refractivity contribution in [1.29, 1.82) is 0 Å². The molecule has 0 saturated heterocycles. The fraction of sp³-hybridized carbons (Fsp3) is 0.333. The Bertz CT molecular complexity index is 319. The summed E-state index contributed by atoms with van der Waals surface area (Å²) in [6, 6.07) is 10.6. The molecule has 0 saturated carbocycles. The number of ether oxygens (including phenoxy) is 1. The van der Waals surface area contributed by atoms with Gasteiger partial charge in [-0.3, -0.25) is 0 Å². The van der Waals surface area contributed by atoms with Gasteiger partial charge in [0.1, 0.15) is 0 Å². The van der Waals surface area contributed by atoms with Crippen molar-refractivity contribution >= 4 is 11.8 Å². The van der Waals surface area contributed by atoms with E-state index in [0.717, 1.165) is 25.2 Å². The topological polar surface area (TPSA) is 9.23 Å². The number of hydrogen-bond donors (Lipinski definition) is 0. The van der Waals surface area contributed by atoms with Gasteiger partial charge in [-0.15, -0.1) is 18.3 Å². The van der Waals surface area contributed by atoms with Crippen LogP contribution in [-0.2, 0) is 11.2 Å². The monoisotopic (exact) mass is 248 g/mol. The van der Waals surface area contributed by atoms with Crippen LogP contribution in [0.1, 0.15) is 12.0 Å². The predicted octanol–water partition coefficient (Wildman–Crippen LogP) is 4.07. The van der Waals surface area contributed by atoms with Crippen LogP contribution in [-0.4, -0.2) is 19.0 Å². The normalized spacial score (nSPS) is 10.8. The number of aryl methyl sites for hydroxylation is 1. The molecular formula is C15H20OS.